The van der Waals surface area contributed by atoms with Gasteiger partial charge in [0, 0.05) is 25.2 Å². The van der Waals surface area contributed by atoms with E-state index >= 15 is 0 Å². The number of nitro groups is 1. The largest absolute Gasteiger partial charge is 0.455 e. The van der Waals surface area contributed by atoms with Crippen molar-refractivity contribution < 1.29 is 28.7 Å². The van der Waals surface area contributed by atoms with Crippen LogP contribution in [0.25, 0.3) is 0 Å². The summed E-state index contributed by atoms with van der Waals surface area (Å²) in [6.45, 7) is 3.38. The standard InChI is InChI=1S/C26H25N3O7/c1-18-6-9-20(10-7-18)36-24-5-3-2-4-22(24)27-25(30)17-35-26(31)21-16-19(29(32)33)8-11-23(21)28-12-14-34-15-13-28/h2-11,16H,12-15,17H2,1H3,(H,27,30). The van der Waals surface area contributed by atoms with Crippen molar-refractivity contribution in [1.82, 2.24) is 0 Å². The number of morpholine rings is 1. The highest BCUT2D eigenvalue weighted by atomic mass is 16.6. The van der Waals surface area contributed by atoms with Crippen LogP contribution in [-0.2, 0) is 14.3 Å². The first-order valence-electron chi connectivity index (χ1n) is 11.3. The van der Waals surface area contributed by atoms with E-state index in [0.29, 0.717) is 49.2 Å². The summed E-state index contributed by atoms with van der Waals surface area (Å²) in [5.74, 6) is -0.384. The van der Waals surface area contributed by atoms with E-state index in [4.69, 9.17) is 14.2 Å². The number of nitrogens with zero attached hydrogens (tertiary/aromatic N) is 2. The molecule has 10 heteroatoms. The predicted octanol–water partition coefficient (Wildman–Crippen LogP) is 4.33. The fraction of sp³-hybridized carbons (Fsp3) is 0.231. The van der Waals surface area contributed by atoms with E-state index in [2.05, 4.69) is 5.32 Å². The molecule has 36 heavy (non-hydrogen) atoms. The molecule has 1 fully saturated rings. The lowest BCUT2D eigenvalue weighted by molar-refractivity contribution is -0.384. The number of rotatable bonds is 8. The zero-order chi connectivity index (χ0) is 25.5. The first kappa shape index (κ1) is 24.7. The van der Waals surface area contributed by atoms with Crippen LogP contribution in [0, 0.1) is 17.0 Å². The molecule has 0 unspecified atom stereocenters. The Kier molecular flexibility index (Phi) is 7.76. The molecule has 1 heterocycles. The lowest BCUT2D eigenvalue weighted by Gasteiger charge is -2.30. The van der Waals surface area contributed by atoms with E-state index in [0.717, 1.165) is 11.6 Å². The molecular formula is C26H25N3O7. The highest BCUT2D eigenvalue weighted by Crippen LogP contribution is 2.30. The van der Waals surface area contributed by atoms with Crippen LogP contribution in [0.1, 0.15) is 15.9 Å². The monoisotopic (exact) mass is 491 g/mol. The number of para-hydroxylation sites is 2. The second-order valence-corrected chi connectivity index (χ2v) is 8.09. The summed E-state index contributed by atoms with van der Waals surface area (Å²) in [4.78, 5) is 38.0. The van der Waals surface area contributed by atoms with Crippen LogP contribution in [0.4, 0.5) is 17.1 Å². The van der Waals surface area contributed by atoms with Gasteiger partial charge in [-0.05, 0) is 37.3 Å². The molecular weight excluding hydrogens is 466 g/mol. The highest BCUT2D eigenvalue weighted by molar-refractivity contribution is 5.99. The molecule has 4 rings (SSSR count). The number of amides is 1. The predicted molar refractivity (Wildman–Crippen MR) is 133 cm³/mol. The number of benzene rings is 3. The van der Waals surface area contributed by atoms with Crippen molar-refractivity contribution >= 4 is 28.9 Å². The molecule has 1 amide bonds. The van der Waals surface area contributed by atoms with Crippen molar-refractivity contribution in [2.45, 2.75) is 6.92 Å². The minimum atomic E-state index is -0.834. The van der Waals surface area contributed by atoms with Crippen LogP contribution in [0.3, 0.4) is 0 Å². The maximum Gasteiger partial charge on any atom is 0.341 e. The molecule has 10 nitrogen and oxygen atoms in total. The number of hydrogen-bond acceptors (Lipinski definition) is 8. The van der Waals surface area contributed by atoms with E-state index in [-0.39, 0.29) is 11.3 Å². The summed E-state index contributed by atoms with van der Waals surface area (Å²) >= 11 is 0. The van der Waals surface area contributed by atoms with Gasteiger partial charge in [0.25, 0.3) is 11.6 Å². The molecule has 0 spiro atoms. The average molecular weight is 492 g/mol. The van der Waals surface area contributed by atoms with Gasteiger partial charge in [0.2, 0.25) is 0 Å². The van der Waals surface area contributed by atoms with Crippen molar-refractivity contribution in [3.8, 4) is 11.5 Å². The second kappa shape index (κ2) is 11.3. The molecule has 1 saturated heterocycles. The third-order valence-electron chi connectivity index (χ3n) is 5.51. The fourth-order valence-corrected chi connectivity index (χ4v) is 3.67. The van der Waals surface area contributed by atoms with E-state index in [1.807, 2.05) is 36.1 Å². The number of carbonyl (C=O) groups is 2. The Labute approximate surface area is 207 Å². The van der Waals surface area contributed by atoms with Crippen molar-refractivity contribution in [3.63, 3.8) is 0 Å². The maximum atomic E-state index is 12.9. The quantitative estimate of drug-likeness (QED) is 0.281. The summed E-state index contributed by atoms with van der Waals surface area (Å²) in [6, 6.07) is 18.4. The summed E-state index contributed by atoms with van der Waals surface area (Å²) in [5.41, 5.74) is 1.76. The number of carbonyl (C=O) groups excluding carboxylic acids is 2. The van der Waals surface area contributed by atoms with Crippen molar-refractivity contribution in [3.05, 3.63) is 88.0 Å². The Bertz CT molecular complexity index is 1250. The third-order valence-corrected chi connectivity index (χ3v) is 5.51. The lowest BCUT2D eigenvalue weighted by Crippen LogP contribution is -2.37. The smallest absolute Gasteiger partial charge is 0.341 e. The third kappa shape index (κ3) is 6.16. The van der Waals surface area contributed by atoms with Gasteiger partial charge >= 0.3 is 5.97 Å². The van der Waals surface area contributed by atoms with Gasteiger partial charge < -0.3 is 24.4 Å². The van der Waals surface area contributed by atoms with Crippen LogP contribution in [-0.4, -0.2) is 49.7 Å². The zero-order valence-electron chi connectivity index (χ0n) is 19.6. The van der Waals surface area contributed by atoms with E-state index in [1.54, 1.807) is 24.3 Å². The van der Waals surface area contributed by atoms with Gasteiger partial charge in [0.15, 0.2) is 12.4 Å². The number of aryl methyl sites for hydroxylation is 1. The number of anilines is 2. The molecule has 0 saturated carbocycles. The topological polar surface area (TPSA) is 120 Å². The summed E-state index contributed by atoms with van der Waals surface area (Å²) in [6.07, 6.45) is 0. The normalized spacial score (nSPS) is 13.1. The second-order valence-electron chi connectivity index (χ2n) is 8.09. The Morgan fingerprint density at radius 2 is 1.78 bits per heavy atom. The zero-order valence-corrected chi connectivity index (χ0v) is 19.6. The van der Waals surface area contributed by atoms with Crippen molar-refractivity contribution in [2.24, 2.45) is 0 Å². The Morgan fingerprint density at radius 3 is 2.50 bits per heavy atom. The van der Waals surface area contributed by atoms with Gasteiger partial charge in [-0.3, -0.25) is 14.9 Å². The number of hydrogen-bond donors (Lipinski definition) is 1. The molecule has 0 atom stereocenters. The first-order chi connectivity index (χ1) is 17.4. The molecule has 0 bridgehead atoms. The van der Waals surface area contributed by atoms with Crippen molar-refractivity contribution in [1.29, 1.82) is 0 Å². The van der Waals surface area contributed by atoms with E-state index in [9.17, 15) is 19.7 Å². The Morgan fingerprint density at radius 1 is 1.06 bits per heavy atom. The van der Waals surface area contributed by atoms with Crippen LogP contribution in [0.15, 0.2) is 66.7 Å². The molecule has 3 aromatic carbocycles. The van der Waals surface area contributed by atoms with E-state index < -0.39 is 23.4 Å². The number of nitro benzene ring substituents is 1. The van der Waals surface area contributed by atoms with E-state index in [1.165, 1.54) is 12.1 Å². The summed E-state index contributed by atoms with van der Waals surface area (Å²) in [7, 11) is 0. The van der Waals surface area contributed by atoms with Gasteiger partial charge in [0.1, 0.15) is 5.75 Å². The number of nitrogens with one attached hydrogen (secondary N) is 1. The minimum absolute atomic E-state index is 0.0157. The lowest BCUT2D eigenvalue weighted by atomic mass is 10.1. The molecule has 1 aliphatic heterocycles. The van der Waals surface area contributed by atoms with Crippen molar-refractivity contribution in [2.75, 3.05) is 43.1 Å². The fourth-order valence-electron chi connectivity index (χ4n) is 3.67. The minimum Gasteiger partial charge on any atom is -0.455 e. The van der Waals surface area contributed by atoms with Gasteiger partial charge in [-0.15, -0.1) is 0 Å². The number of ether oxygens (including phenoxy) is 3. The molecule has 0 aromatic heterocycles. The van der Waals surface area contributed by atoms with Gasteiger partial charge in [-0.25, -0.2) is 4.79 Å². The van der Waals surface area contributed by atoms with Crippen LogP contribution >= 0.6 is 0 Å². The Hall–Kier alpha value is -4.44. The van der Waals surface area contributed by atoms with Crippen LogP contribution < -0.4 is 15.0 Å². The summed E-state index contributed by atoms with van der Waals surface area (Å²) < 4.78 is 16.4. The molecule has 0 aliphatic carbocycles. The maximum absolute atomic E-state index is 12.9. The molecule has 186 valence electrons. The van der Waals surface area contributed by atoms with Gasteiger partial charge in [-0.2, -0.15) is 0 Å². The van der Waals surface area contributed by atoms with Gasteiger partial charge in [0.05, 0.1) is 35.1 Å². The first-order valence-corrected chi connectivity index (χ1v) is 11.3. The highest BCUT2D eigenvalue weighted by Gasteiger charge is 2.23. The Balaban J connectivity index is 1.44. The summed E-state index contributed by atoms with van der Waals surface area (Å²) in [5, 5.41) is 13.9. The average Bonchev–Trinajstić information content (AvgIpc) is 2.90. The molecule has 1 N–H and O–H groups in total. The molecule has 1 aliphatic rings. The SMILES string of the molecule is Cc1ccc(Oc2ccccc2NC(=O)COC(=O)c2cc([N+](=O)[O-])ccc2N2CCOCC2)cc1. The molecule has 3 aromatic rings. The number of esters is 1. The molecule has 0 radical (unpaired) electrons. The van der Waals surface area contributed by atoms with Crippen LogP contribution in [0.2, 0.25) is 0 Å². The number of non-ortho nitro benzene ring substituents is 1. The van der Waals surface area contributed by atoms with Crippen LogP contribution in [0.5, 0.6) is 11.5 Å². The van der Waals surface area contributed by atoms with Gasteiger partial charge in [-0.1, -0.05) is 29.8 Å².